The monoisotopic (exact) mass is 598 g/mol. The number of rotatable bonds is 8. The van der Waals surface area contributed by atoms with Crippen LogP contribution in [0.2, 0.25) is 0 Å². The number of nitrogens with zero attached hydrogens (tertiary/aromatic N) is 2. The van der Waals surface area contributed by atoms with Gasteiger partial charge in [0.15, 0.2) is 17.6 Å². The van der Waals surface area contributed by atoms with Crippen LogP contribution >= 0.6 is 15.9 Å². The molecular weight excluding hydrogens is 572 g/mol. The molecule has 7 nitrogen and oxygen atoms in total. The van der Waals surface area contributed by atoms with Gasteiger partial charge in [-0.15, -0.1) is 0 Å². The Kier molecular flexibility index (Phi) is 7.28. The molecule has 8 heteroatoms. The summed E-state index contributed by atoms with van der Waals surface area (Å²) < 4.78 is 12.5. The number of likely N-dealkylation sites (tertiary alicyclic amines) is 1. The molecule has 4 aromatic carbocycles. The fraction of sp³-hybridized carbons (Fsp3) is 0.188. The van der Waals surface area contributed by atoms with Crippen molar-refractivity contribution in [2.45, 2.75) is 25.3 Å². The molecule has 4 aromatic rings. The fourth-order valence-corrected chi connectivity index (χ4v) is 5.85. The molecule has 2 amide bonds. The smallest absolute Gasteiger partial charge is 0.262 e. The number of fused-ring (bicyclic) bond motifs is 1. The van der Waals surface area contributed by atoms with E-state index in [-0.39, 0.29) is 18.4 Å². The van der Waals surface area contributed by atoms with Crippen LogP contribution in [0.15, 0.2) is 108 Å². The van der Waals surface area contributed by atoms with Gasteiger partial charge in [-0.05, 0) is 41.0 Å². The van der Waals surface area contributed by atoms with E-state index >= 15 is 0 Å². The maximum Gasteiger partial charge on any atom is 0.262 e. The molecule has 0 unspecified atom stereocenters. The molecule has 2 fully saturated rings. The van der Waals surface area contributed by atoms with Crippen molar-refractivity contribution in [1.82, 2.24) is 4.90 Å². The van der Waals surface area contributed by atoms with Crippen LogP contribution in [0.25, 0.3) is 0 Å². The van der Waals surface area contributed by atoms with Gasteiger partial charge in [0.2, 0.25) is 5.91 Å². The van der Waals surface area contributed by atoms with E-state index in [1.165, 1.54) is 4.90 Å². The number of hydroxylamine groups is 1. The Morgan fingerprint density at radius 1 is 0.800 bits per heavy atom. The Morgan fingerprint density at radius 2 is 1.43 bits per heavy atom. The van der Waals surface area contributed by atoms with Gasteiger partial charge in [-0.25, -0.2) is 5.06 Å². The zero-order valence-electron chi connectivity index (χ0n) is 21.8. The number of ether oxygens (including phenoxy) is 2. The topological polar surface area (TPSA) is 68.3 Å². The third-order valence-electron chi connectivity index (χ3n) is 7.24. The summed E-state index contributed by atoms with van der Waals surface area (Å²) in [5, 5.41) is 1.68. The van der Waals surface area contributed by atoms with Crippen LogP contribution < -0.4 is 14.5 Å². The van der Waals surface area contributed by atoms with Gasteiger partial charge in [0.25, 0.3) is 5.91 Å². The summed E-state index contributed by atoms with van der Waals surface area (Å²) in [6.45, 7) is 0.571. The van der Waals surface area contributed by atoms with Gasteiger partial charge in [0.05, 0.1) is 25.4 Å². The van der Waals surface area contributed by atoms with Crippen LogP contribution in [0.5, 0.6) is 11.5 Å². The zero-order valence-corrected chi connectivity index (χ0v) is 23.4. The van der Waals surface area contributed by atoms with E-state index in [1.807, 2.05) is 103 Å². The summed E-state index contributed by atoms with van der Waals surface area (Å²) in [6, 6.07) is 32.0. The van der Waals surface area contributed by atoms with E-state index in [1.54, 1.807) is 12.2 Å². The lowest BCUT2D eigenvalue weighted by Gasteiger charge is -2.30. The highest BCUT2D eigenvalue weighted by Crippen LogP contribution is 2.50. The van der Waals surface area contributed by atoms with Crippen molar-refractivity contribution < 1.29 is 23.9 Å². The molecule has 0 aromatic heterocycles. The highest BCUT2D eigenvalue weighted by Gasteiger charge is 2.60. The summed E-state index contributed by atoms with van der Waals surface area (Å²) in [4.78, 5) is 35.0. The molecule has 2 aliphatic rings. The molecule has 0 aliphatic carbocycles. The first-order valence-corrected chi connectivity index (χ1v) is 13.8. The minimum absolute atomic E-state index is 0.198. The number of amides is 2. The minimum Gasteiger partial charge on any atom is -0.493 e. The molecule has 0 spiro atoms. The molecule has 3 atom stereocenters. The van der Waals surface area contributed by atoms with Gasteiger partial charge in [0, 0.05) is 4.47 Å². The molecule has 2 heterocycles. The van der Waals surface area contributed by atoms with E-state index in [0.717, 1.165) is 22.4 Å². The number of para-hydroxylation sites is 1. The van der Waals surface area contributed by atoms with E-state index in [2.05, 4.69) is 15.9 Å². The van der Waals surface area contributed by atoms with Crippen molar-refractivity contribution in [2.24, 2.45) is 5.92 Å². The summed E-state index contributed by atoms with van der Waals surface area (Å²) in [5.74, 6) is -0.272. The maximum absolute atomic E-state index is 13.9. The van der Waals surface area contributed by atoms with Crippen molar-refractivity contribution in [3.63, 3.8) is 0 Å². The predicted octanol–water partition coefficient (Wildman–Crippen LogP) is 6.08. The molecule has 0 N–H and O–H groups in total. The zero-order chi connectivity index (χ0) is 27.6. The van der Waals surface area contributed by atoms with E-state index in [9.17, 15) is 9.59 Å². The lowest BCUT2D eigenvalue weighted by Crippen LogP contribution is -2.37. The summed E-state index contributed by atoms with van der Waals surface area (Å²) in [6.07, 6.45) is -0.937. The summed E-state index contributed by atoms with van der Waals surface area (Å²) in [5.41, 5.74) is 3.40. The van der Waals surface area contributed by atoms with Gasteiger partial charge in [-0.1, -0.05) is 94.8 Å². The number of imide groups is 1. The van der Waals surface area contributed by atoms with Crippen LogP contribution in [-0.4, -0.2) is 29.9 Å². The van der Waals surface area contributed by atoms with Crippen LogP contribution in [0, 0.1) is 5.92 Å². The summed E-state index contributed by atoms with van der Waals surface area (Å²) >= 11 is 3.72. The van der Waals surface area contributed by atoms with Gasteiger partial charge in [-0.3, -0.25) is 19.3 Å². The quantitative estimate of drug-likeness (QED) is 0.229. The number of hydrogen-bond acceptors (Lipinski definition) is 6. The molecule has 0 radical (unpaired) electrons. The Bertz CT molecular complexity index is 1520. The van der Waals surface area contributed by atoms with Crippen LogP contribution in [0.4, 0.5) is 5.69 Å². The van der Waals surface area contributed by atoms with E-state index in [4.69, 9.17) is 14.3 Å². The van der Waals surface area contributed by atoms with Crippen molar-refractivity contribution in [3.8, 4) is 11.5 Å². The van der Waals surface area contributed by atoms with Crippen molar-refractivity contribution >= 4 is 33.4 Å². The first-order valence-electron chi connectivity index (χ1n) is 13.0. The molecule has 2 aliphatic heterocycles. The lowest BCUT2D eigenvalue weighted by atomic mass is 9.90. The highest BCUT2D eigenvalue weighted by molar-refractivity contribution is 9.10. The Balaban J connectivity index is 1.37. The molecule has 6 rings (SSSR count). The van der Waals surface area contributed by atoms with Crippen molar-refractivity contribution in [1.29, 1.82) is 0 Å². The van der Waals surface area contributed by atoms with Crippen molar-refractivity contribution in [3.05, 3.63) is 124 Å². The number of halogens is 1. The Hall–Kier alpha value is -4.14. The molecule has 202 valence electrons. The average Bonchev–Trinajstić information content (AvgIpc) is 3.49. The average molecular weight is 599 g/mol. The second-order valence-corrected chi connectivity index (χ2v) is 10.6. The number of carbonyl (C=O) groups excluding carboxylic acids is 2. The third kappa shape index (κ3) is 4.85. The number of anilines is 1. The fourth-order valence-electron chi connectivity index (χ4n) is 5.29. The largest absolute Gasteiger partial charge is 0.493 e. The van der Waals surface area contributed by atoms with E-state index in [0.29, 0.717) is 22.6 Å². The summed E-state index contributed by atoms with van der Waals surface area (Å²) in [7, 11) is 1.58. The maximum atomic E-state index is 13.9. The normalized spacial score (nSPS) is 20.1. The van der Waals surface area contributed by atoms with Crippen molar-refractivity contribution in [2.75, 3.05) is 12.2 Å². The highest BCUT2D eigenvalue weighted by atomic mass is 79.9. The number of methoxy groups -OCH3 is 1. The minimum atomic E-state index is -0.937. The van der Waals surface area contributed by atoms with E-state index < -0.39 is 18.1 Å². The standard InChI is InChI=1S/C32H27BrN2O5/c1-38-26-17-24(25(33)18-27(26)39-20-22-13-7-3-8-14-22)29-28-30(40-35(29)23-15-9-4-10-16-23)32(37)34(31(28)36)19-21-11-5-2-6-12-21/h2-18,28-30H,19-20H2,1H3/t28-,29+,30-/m0/s1. The van der Waals surface area contributed by atoms with Gasteiger partial charge < -0.3 is 9.47 Å². The second-order valence-electron chi connectivity index (χ2n) is 9.71. The Labute approximate surface area is 241 Å². The molecule has 40 heavy (non-hydrogen) atoms. The van der Waals surface area contributed by atoms with Crippen LogP contribution in [-0.2, 0) is 27.6 Å². The Morgan fingerprint density at radius 3 is 2.08 bits per heavy atom. The first kappa shape index (κ1) is 26.1. The number of benzene rings is 4. The van der Waals surface area contributed by atoms with Gasteiger partial charge in [0.1, 0.15) is 12.5 Å². The lowest BCUT2D eigenvalue weighted by molar-refractivity contribution is -0.143. The van der Waals surface area contributed by atoms with Gasteiger partial charge >= 0.3 is 0 Å². The second kappa shape index (κ2) is 11.2. The molecular formula is C32H27BrN2O5. The number of carbonyl (C=O) groups is 2. The van der Waals surface area contributed by atoms with Gasteiger partial charge in [-0.2, -0.15) is 0 Å². The number of hydrogen-bond donors (Lipinski definition) is 0. The predicted molar refractivity (Wildman–Crippen MR) is 153 cm³/mol. The van der Waals surface area contributed by atoms with Crippen LogP contribution in [0.1, 0.15) is 22.7 Å². The molecule has 0 saturated carbocycles. The molecule has 2 saturated heterocycles. The van der Waals surface area contributed by atoms with Crippen LogP contribution in [0.3, 0.4) is 0 Å². The molecule has 0 bridgehead atoms. The third-order valence-corrected chi connectivity index (χ3v) is 7.93. The SMILES string of the molecule is COc1cc([C@@H]2[C@@H]3C(=O)N(Cc4ccccc4)C(=O)[C@H]3ON2c2ccccc2)c(Br)cc1OCc1ccccc1. The first-order chi connectivity index (χ1) is 19.5.